The number of benzene rings is 2. The minimum absolute atomic E-state index is 0.261. The summed E-state index contributed by atoms with van der Waals surface area (Å²) in [5, 5.41) is 11.9. The lowest BCUT2D eigenvalue weighted by atomic mass is 10.3. The first kappa shape index (κ1) is 18.9. The number of amides is 4. The second kappa shape index (κ2) is 9.15. The SMILES string of the molecule is C[C@H](CNC(=O)Nc1ccc(Cl)cc1)NC(=O)Nc1ccc(Cl)cc1. The number of hydrogen-bond donors (Lipinski definition) is 4. The molecular weight excluding hydrogens is 363 g/mol. The lowest BCUT2D eigenvalue weighted by Crippen LogP contribution is -2.44. The topological polar surface area (TPSA) is 82.3 Å². The molecular formula is C17H18Cl2N4O2. The number of urea groups is 2. The quantitative estimate of drug-likeness (QED) is 0.622. The third kappa shape index (κ3) is 6.91. The maximum absolute atomic E-state index is 11.9. The van der Waals surface area contributed by atoms with E-state index in [9.17, 15) is 9.59 Å². The van der Waals surface area contributed by atoms with Crippen LogP contribution in [0.3, 0.4) is 0 Å². The Hall–Kier alpha value is -2.44. The van der Waals surface area contributed by atoms with Gasteiger partial charge in [0.25, 0.3) is 0 Å². The molecule has 25 heavy (non-hydrogen) atoms. The Morgan fingerprint density at radius 1 is 0.840 bits per heavy atom. The highest BCUT2D eigenvalue weighted by atomic mass is 35.5. The van der Waals surface area contributed by atoms with Gasteiger partial charge in [0.2, 0.25) is 0 Å². The standard InChI is InChI=1S/C17H18Cl2N4O2/c1-11(21-17(25)23-15-8-4-13(19)5-9-15)10-20-16(24)22-14-6-2-12(18)3-7-14/h2-9,11H,10H2,1H3,(H2,20,22,24)(H2,21,23,25)/t11-/m1/s1. The average Bonchev–Trinajstić information content (AvgIpc) is 2.57. The summed E-state index contributed by atoms with van der Waals surface area (Å²) in [7, 11) is 0. The Morgan fingerprint density at radius 3 is 1.76 bits per heavy atom. The molecule has 0 bridgehead atoms. The van der Waals surface area contributed by atoms with Crippen molar-refractivity contribution < 1.29 is 9.59 Å². The summed E-state index contributed by atoms with van der Waals surface area (Å²) in [5.41, 5.74) is 1.26. The number of nitrogens with one attached hydrogen (secondary N) is 4. The summed E-state index contributed by atoms with van der Waals surface area (Å²) in [4.78, 5) is 23.7. The number of halogens is 2. The van der Waals surface area contributed by atoms with Crippen LogP contribution in [0, 0.1) is 0 Å². The number of hydrogen-bond acceptors (Lipinski definition) is 2. The van der Waals surface area contributed by atoms with E-state index in [1.54, 1.807) is 55.5 Å². The van der Waals surface area contributed by atoms with Gasteiger partial charge in [-0.2, -0.15) is 0 Å². The molecule has 0 spiro atoms. The minimum Gasteiger partial charge on any atom is -0.336 e. The Balaban J connectivity index is 1.71. The smallest absolute Gasteiger partial charge is 0.319 e. The second-order valence-corrected chi connectivity index (χ2v) is 6.22. The number of carbonyl (C=O) groups excluding carboxylic acids is 2. The van der Waals surface area contributed by atoms with Crippen LogP contribution in [-0.2, 0) is 0 Å². The lowest BCUT2D eigenvalue weighted by Gasteiger charge is -2.16. The molecule has 0 fully saturated rings. The Morgan fingerprint density at radius 2 is 1.28 bits per heavy atom. The molecule has 6 nitrogen and oxygen atoms in total. The molecule has 0 aliphatic heterocycles. The number of rotatable bonds is 5. The molecule has 0 aliphatic rings. The van der Waals surface area contributed by atoms with Gasteiger partial charge in [0.15, 0.2) is 0 Å². The van der Waals surface area contributed by atoms with Crippen molar-refractivity contribution in [2.24, 2.45) is 0 Å². The summed E-state index contributed by atoms with van der Waals surface area (Å²) in [6, 6.07) is 12.5. The molecule has 4 N–H and O–H groups in total. The lowest BCUT2D eigenvalue weighted by molar-refractivity contribution is 0.244. The fourth-order valence-corrected chi connectivity index (χ4v) is 2.18. The molecule has 132 valence electrons. The molecule has 0 saturated carbocycles. The van der Waals surface area contributed by atoms with Crippen LogP contribution in [0.2, 0.25) is 10.0 Å². The van der Waals surface area contributed by atoms with Crippen molar-refractivity contribution in [2.45, 2.75) is 13.0 Å². The van der Waals surface area contributed by atoms with Crippen molar-refractivity contribution in [2.75, 3.05) is 17.2 Å². The zero-order chi connectivity index (χ0) is 18.2. The van der Waals surface area contributed by atoms with E-state index >= 15 is 0 Å². The van der Waals surface area contributed by atoms with Crippen molar-refractivity contribution in [3.8, 4) is 0 Å². The first-order valence-electron chi connectivity index (χ1n) is 7.56. The normalized spacial score (nSPS) is 11.3. The summed E-state index contributed by atoms with van der Waals surface area (Å²) in [5.74, 6) is 0. The van der Waals surface area contributed by atoms with E-state index in [0.717, 1.165) is 0 Å². The van der Waals surface area contributed by atoms with Gasteiger partial charge in [0.1, 0.15) is 0 Å². The Bertz CT molecular complexity index is 720. The molecule has 2 aromatic carbocycles. The highest BCUT2D eigenvalue weighted by molar-refractivity contribution is 6.30. The van der Waals surface area contributed by atoms with Crippen LogP contribution in [-0.4, -0.2) is 24.6 Å². The molecule has 1 atom stereocenters. The first-order valence-corrected chi connectivity index (χ1v) is 8.31. The van der Waals surface area contributed by atoms with E-state index in [1.165, 1.54) is 0 Å². The highest BCUT2D eigenvalue weighted by Gasteiger charge is 2.09. The molecule has 0 unspecified atom stereocenters. The third-order valence-electron chi connectivity index (χ3n) is 3.15. The van der Waals surface area contributed by atoms with E-state index in [4.69, 9.17) is 23.2 Å². The van der Waals surface area contributed by atoms with E-state index < -0.39 is 0 Å². The fourth-order valence-electron chi connectivity index (χ4n) is 1.93. The van der Waals surface area contributed by atoms with Crippen molar-refractivity contribution in [1.29, 1.82) is 0 Å². The predicted molar refractivity (Wildman–Crippen MR) is 102 cm³/mol. The largest absolute Gasteiger partial charge is 0.336 e. The Kier molecular flexibility index (Phi) is 6.91. The van der Waals surface area contributed by atoms with E-state index in [-0.39, 0.29) is 24.6 Å². The van der Waals surface area contributed by atoms with Crippen LogP contribution in [0.5, 0.6) is 0 Å². The van der Waals surface area contributed by atoms with E-state index in [2.05, 4.69) is 21.3 Å². The zero-order valence-corrected chi connectivity index (χ0v) is 15.0. The van der Waals surface area contributed by atoms with Gasteiger partial charge in [0, 0.05) is 34.0 Å². The third-order valence-corrected chi connectivity index (χ3v) is 3.65. The van der Waals surface area contributed by atoms with Crippen LogP contribution < -0.4 is 21.3 Å². The van der Waals surface area contributed by atoms with Crippen LogP contribution in [0.25, 0.3) is 0 Å². The summed E-state index contributed by atoms with van der Waals surface area (Å²) >= 11 is 11.6. The summed E-state index contributed by atoms with van der Waals surface area (Å²) < 4.78 is 0. The van der Waals surface area contributed by atoms with Crippen LogP contribution in [0.4, 0.5) is 21.0 Å². The Labute approximate surface area is 155 Å². The molecule has 8 heteroatoms. The van der Waals surface area contributed by atoms with Crippen LogP contribution in [0.1, 0.15) is 6.92 Å². The van der Waals surface area contributed by atoms with Crippen LogP contribution in [0.15, 0.2) is 48.5 Å². The summed E-state index contributed by atoms with van der Waals surface area (Å²) in [6.07, 6.45) is 0. The highest BCUT2D eigenvalue weighted by Crippen LogP contribution is 2.14. The molecule has 0 radical (unpaired) electrons. The predicted octanol–water partition coefficient (Wildman–Crippen LogP) is 4.33. The van der Waals surface area contributed by atoms with E-state index in [0.29, 0.717) is 21.4 Å². The molecule has 0 aliphatic carbocycles. The van der Waals surface area contributed by atoms with Gasteiger partial charge in [-0.25, -0.2) is 9.59 Å². The summed E-state index contributed by atoms with van der Waals surface area (Å²) in [6.45, 7) is 2.05. The number of carbonyl (C=O) groups is 2. The van der Waals surface area contributed by atoms with Crippen LogP contribution >= 0.6 is 23.2 Å². The maximum atomic E-state index is 11.9. The molecule has 2 rings (SSSR count). The van der Waals surface area contributed by atoms with Gasteiger partial charge < -0.3 is 21.3 Å². The molecule has 0 heterocycles. The van der Waals surface area contributed by atoms with Gasteiger partial charge in [-0.15, -0.1) is 0 Å². The molecule has 2 aromatic rings. The first-order chi connectivity index (χ1) is 11.9. The van der Waals surface area contributed by atoms with Gasteiger partial charge in [0.05, 0.1) is 0 Å². The monoisotopic (exact) mass is 380 g/mol. The molecule has 0 saturated heterocycles. The number of anilines is 2. The second-order valence-electron chi connectivity index (χ2n) is 5.35. The molecule has 4 amide bonds. The van der Waals surface area contributed by atoms with Crippen molar-refractivity contribution in [1.82, 2.24) is 10.6 Å². The fraction of sp³-hybridized carbons (Fsp3) is 0.176. The van der Waals surface area contributed by atoms with Gasteiger partial charge in [-0.3, -0.25) is 0 Å². The van der Waals surface area contributed by atoms with E-state index in [1.807, 2.05) is 0 Å². The molecule has 0 aromatic heterocycles. The van der Waals surface area contributed by atoms with Crippen molar-refractivity contribution in [3.63, 3.8) is 0 Å². The van der Waals surface area contributed by atoms with Crippen molar-refractivity contribution >= 4 is 46.6 Å². The van der Waals surface area contributed by atoms with Gasteiger partial charge in [-0.1, -0.05) is 23.2 Å². The van der Waals surface area contributed by atoms with Crippen molar-refractivity contribution in [3.05, 3.63) is 58.6 Å². The van der Waals surface area contributed by atoms with Gasteiger partial charge in [-0.05, 0) is 55.5 Å². The zero-order valence-electron chi connectivity index (χ0n) is 13.5. The maximum Gasteiger partial charge on any atom is 0.319 e. The average molecular weight is 381 g/mol. The van der Waals surface area contributed by atoms with Gasteiger partial charge >= 0.3 is 12.1 Å². The minimum atomic E-state index is -0.367.